The number of hydrogen-bond donors (Lipinski definition) is 2. The summed E-state index contributed by atoms with van der Waals surface area (Å²) in [6.45, 7) is 6.79. The van der Waals surface area contributed by atoms with Crippen molar-refractivity contribution in [1.82, 2.24) is 10.2 Å². The van der Waals surface area contributed by atoms with Crippen molar-refractivity contribution in [3.63, 3.8) is 0 Å². The second kappa shape index (κ2) is 7.26. The van der Waals surface area contributed by atoms with Crippen LogP contribution in [0.3, 0.4) is 0 Å². The second-order valence-corrected chi connectivity index (χ2v) is 5.02. The number of anilines is 1. The molecular weight excluding hydrogens is 254 g/mol. The van der Waals surface area contributed by atoms with Gasteiger partial charge in [0.15, 0.2) is 0 Å². The zero-order chi connectivity index (χ0) is 14.4. The van der Waals surface area contributed by atoms with Crippen molar-refractivity contribution in [2.45, 2.75) is 13.3 Å². The molecule has 0 radical (unpaired) electrons. The number of piperazine rings is 1. The van der Waals surface area contributed by atoms with E-state index in [1.54, 1.807) is 7.11 Å². The first kappa shape index (κ1) is 14.8. The number of benzene rings is 1. The van der Waals surface area contributed by atoms with E-state index in [2.05, 4.69) is 21.6 Å². The summed E-state index contributed by atoms with van der Waals surface area (Å²) in [6.07, 6.45) is 0.910. The Balaban J connectivity index is 2.06. The van der Waals surface area contributed by atoms with Crippen LogP contribution >= 0.6 is 0 Å². The topological polar surface area (TPSA) is 53.6 Å². The van der Waals surface area contributed by atoms with E-state index >= 15 is 0 Å². The molecule has 110 valence electrons. The third kappa shape index (κ3) is 3.95. The lowest BCUT2D eigenvalue weighted by molar-refractivity contribution is -0.114. The smallest absolute Gasteiger partial charge is 0.221 e. The van der Waals surface area contributed by atoms with Gasteiger partial charge in [0.2, 0.25) is 5.91 Å². The minimum atomic E-state index is -0.0714. The number of methoxy groups -OCH3 is 1. The van der Waals surface area contributed by atoms with E-state index in [0.29, 0.717) is 0 Å². The Kier molecular flexibility index (Phi) is 5.38. The Hall–Kier alpha value is -1.59. The van der Waals surface area contributed by atoms with E-state index in [9.17, 15) is 4.79 Å². The quantitative estimate of drug-likeness (QED) is 0.846. The standard InChI is InChI=1S/C15H23N3O2/c1-12(19)17-15-13(4-3-5-14(15)20-2)6-9-18-10-7-16-8-11-18/h3-5,16H,6-11H2,1-2H3,(H,17,19). The summed E-state index contributed by atoms with van der Waals surface area (Å²) in [7, 11) is 1.63. The molecule has 1 aromatic rings. The molecule has 0 saturated carbocycles. The van der Waals surface area contributed by atoms with Crippen molar-refractivity contribution in [1.29, 1.82) is 0 Å². The summed E-state index contributed by atoms with van der Waals surface area (Å²) >= 11 is 0. The molecule has 20 heavy (non-hydrogen) atoms. The Labute approximate surface area is 120 Å². The van der Waals surface area contributed by atoms with E-state index in [-0.39, 0.29) is 5.91 Å². The lowest BCUT2D eigenvalue weighted by Crippen LogP contribution is -2.44. The number of carbonyl (C=O) groups is 1. The summed E-state index contributed by atoms with van der Waals surface area (Å²) in [4.78, 5) is 13.8. The van der Waals surface area contributed by atoms with Gasteiger partial charge in [0.25, 0.3) is 0 Å². The van der Waals surface area contributed by atoms with Gasteiger partial charge in [-0.25, -0.2) is 0 Å². The number of hydrogen-bond acceptors (Lipinski definition) is 4. The monoisotopic (exact) mass is 277 g/mol. The van der Waals surface area contributed by atoms with Gasteiger partial charge in [-0.1, -0.05) is 12.1 Å². The summed E-state index contributed by atoms with van der Waals surface area (Å²) < 4.78 is 5.34. The second-order valence-electron chi connectivity index (χ2n) is 5.02. The van der Waals surface area contributed by atoms with Crippen LogP contribution in [0.1, 0.15) is 12.5 Å². The Morgan fingerprint density at radius 3 is 2.80 bits per heavy atom. The maximum absolute atomic E-state index is 11.4. The first-order valence-corrected chi connectivity index (χ1v) is 7.07. The number of rotatable bonds is 5. The lowest BCUT2D eigenvalue weighted by atomic mass is 10.1. The molecule has 2 rings (SSSR count). The van der Waals surface area contributed by atoms with Crippen LogP contribution in [0.15, 0.2) is 18.2 Å². The number of nitrogens with one attached hydrogen (secondary N) is 2. The molecule has 1 heterocycles. The van der Waals surface area contributed by atoms with Gasteiger partial charge in [0.1, 0.15) is 5.75 Å². The molecule has 0 atom stereocenters. The molecule has 1 aromatic carbocycles. The molecule has 5 heteroatoms. The minimum Gasteiger partial charge on any atom is -0.495 e. The molecule has 1 aliphatic rings. The van der Waals surface area contributed by atoms with E-state index in [1.165, 1.54) is 6.92 Å². The molecule has 1 saturated heterocycles. The highest BCUT2D eigenvalue weighted by atomic mass is 16.5. The van der Waals surface area contributed by atoms with Crippen LogP contribution < -0.4 is 15.4 Å². The van der Waals surface area contributed by atoms with Gasteiger partial charge < -0.3 is 20.3 Å². The zero-order valence-corrected chi connectivity index (χ0v) is 12.2. The Morgan fingerprint density at radius 2 is 2.15 bits per heavy atom. The van der Waals surface area contributed by atoms with E-state index in [1.807, 2.05) is 12.1 Å². The predicted molar refractivity (Wildman–Crippen MR) is 80.3 cm³/mol. The molecule has 1 fully saturated rings. The molecule has 5 nitrogen and oxygen atoms in total. The van der Waals surface area contributed by atoms with Crippen LogP contribution in [0.25, 0.3) is 0 Å². The van der Waals surface area contributed by atoms with Crippen LogP contribution in [-0.2, 0) is 11.2 Å². The lowest BCUT2D eigenvalue weighted by Gasteiger charge is -2.27. The molecule has 1 aliphatic heterocycles. The maximum atomic E-state index is 11.4. The van der Waals surface area contributed by atoms with Crippen molar-refractivity contribution in [2.24, 2.45) is 0 Å². The molecule has 0 unspecified atom stereocenters. The highest BCUT2D eigenvalue weighted by molar-refractivity contribution is 5.91. The highest BCUT2D eigenvalue weighted by Crippen LogP contribution is 2.28. The van der Waals surface area contributed by atoms with Crippen LogP contribution in [0.5, 0.6) is 5.75 Å². The summed E-state index contributed by atoms with van der Waals surface area (Å²) in [5, 5.41) is 6.24. The van der Waals surface area contributed by atoms with Crippen LogP contribution in [-0.4, -0.2) is 50.6 Å². The fraction of sp³-hybridized carbons (Fsp3) is 0.533. The van der Waals surface area contributed by atoms with Gasteiger partial charge in [-0.3, -0.25) is 4.79 Å². The molecule has 0 spiro atoms. The molecule has 0 bridgehead atoms. The summed E-state index contributed by atoms with van der Waals surface area (Å²) in [6, 6.07) is 5.90. The number of nitrogens with zero attached hydrogens (tertiary/aromatic N) is 1. The zero-order valence-electron chi connectivity index (χ0n) is 12.2. The van der Waals surface area contributed by atoms with Crippen LogP contribution in [0.4, 0.5) is 5.69 Å². The Bertz CT molecular complexity index is 456. The van der Waals surface area contributed by atoms with Crippen molar-refractivity contribution >= 4 is 11.6 Å². The van der Waals surface area contributed by atoms with E-state index in [0.717, 1.165) is 56.1 Å². The largest absolute Gasteiger partial charge is 0.495 e. The molecular formula is C15H23N3O2. The van der Waals surface area contributed by atoms with Crippen molar-refractivity contribution in [3.05, 3.63) is 23.8 Å². The van der Waals surface area contributed by atoms with Crippen LogP contribution in [0.2, 0.25) is 0 Å². The van der Waals surface area contributed by atoms with Crippen molar-refractivity contribution in [2.75, 3.05) is 45.2 Å². The number of amides is 1. The normalized spacial score (nSPS) is 15.9. The summed E-state index contributed by atoms with van der Waals surface area (Å²) in [5.74, 6) is 0.649. The average Bonchev–Trinajstić information content (AvgIpc) is 2.46. The minimum absolute atomic E-state index is 0.0714. The fourth-order valence-electron chi connectivity index (χ4n) is 2.49. The van der Waals surface area contributed by atoms with Gasteiger partial charge >= 0.3 is 0 Å². The molecule has 0 aliphatic carbocycles. The maximum Gasteiger partial charge on any atom is 0.221 e. The molecule has 1 amide bonds. The highest BCUT2D eigenvalue weighted by Gasteiger charge is 2.13. The van der Waals surface area contributed by atoms with Crippen molar-refractivity contribution < 1.29 is 9.53 Å². The number of para-hydroxylation sites is 1. The fourth-order valence-corrected chi connectivity index (χ4v) is 2.49. The van der Waals surface area contributed by atoms with Gasteiger partial charge in [-0.05, 0) is 18.1 Å². The third-order valence-electron chi connectivity index (χ3n) is 3.54. The van der Waals surface area contributed by atoms with Crippen LogP contribution in [0, 0.1) is 0 Å². The number of carbonyl (C=O) groups excluding carboxylic acids is 1. The van der Waals surface area contributed by atoms with Gasteiger partial charge in [0.05, 0.1) is 12.8 Å². The van der Waals surface area contributed by atoms with Crippen molar-refractivity contribution in [3.8, 4) is 5.75 Å². The SMILES string of the molecule is COc1cccc(CCN2CCNCC2)c1NC(C)=O. The first-order valence-electron chi connectivity index (χ1n) is 7.07. The van der Waals surface area contributed by atoms with Gasteiger partial charge in [-0.15, -0.1) is 0 Å². The Morgan fingerprint density at radius 1 is 1.40 bits per heavy atom. The molecule has 2 N–H and O–H groups in total. The first-order chi connectivity index (χ1) is 9.70. The van der Waals surface area contributed by atoms with E-state index in [4.69, 9.17) is 4.74 Å². The van der Waals surface area contributed by atoms with Gasteiger partial charge in [0, 0.05) is 39.6 Å². The third-order valence-corrected chi connectivity index (χ3v) is 3.54. The molecule has 0 aromatic heterocycles. The average molecular weight is 277 g/mol. The van der Waals surface area contributed by atoms with Gasteiger partial charge in [-0.2, -0.15) is 0 Å². The van der Waals surface area contributed by atoms with E-state index < -0.39 is 0 Å². The summed E-state index contributed by atoms with van der Waals surface area (Å²) in [5.41, 5.74) is 1.93. The number of ether oxygens (including phenoxy) is 1. The predicted octanol–water partition coefficient (Wildman–Crippen LogP) is 1.10.